The molecule has 0 aliphatic carbocycles. The van der Waals surface area contributed by atoms with Crippen LogP contribution >= 0.6 is 0 Å². The summed E-state index contributed by atoms with van der Waals surface area (Å²) in [6, 6.07) is 17.6. The van der Waals surface area contributed by atoms with Crippen LogP contribution in [0.25, 0.3) is 11.1 Å². The van der Waals surface area contributed by atoms with Gasteiger partial charge in [-0.15, -0.1) is 0 Å². The van der Waals surface area contributed by atoms with Crippen molar-refractivity contribution in [1.29, 1.82) is 0 Å². The minimum atomic E-state index is -0.421. The molecule has 0 unspecified atom stereocenters. The van der Waals surface area contributed by atoms with Crippen LogP contribution in [-0.4, -0.2) is 11.6 Å². The lowest BCUT2D eigenvalue weighted by Gasteiger charge is -2.23. The molecule has 0 aromatic heterocycles. The fraction of sp³-hybridized carbons (Fsp3) is 0.278. The number of carbonyl (C=O) groups is 1. The third kappa shape index (κ3) is 3.47. The second-order valence-corrected chi connectivity index (χ2v) is 5.45. The molecule has 0 heterocycles. The van der Waals surface area contributed by atoms with Crippen LogP contribution in [-0.2, 0) is 4.74 Å². The zero-order valence-electron chi connectivity index (χ0n) is 12.2. The van der Waals surface area contributed by atoms with Crippen molar-refractivity contribution in [1.82, 2.24) is 0 Å². The Kier molecular flexibility index (Phi) is 4.23. The molecule has 0 bridgehead atoms. The highest BCUT2D eigenvalue weighted by molar-refractivity contribution is 5.90. The third-order valence-electron chi connectivity index (χ3n) is 3.45. The fourth-order valence-corrected chi connectivity index (χ4v) is 1.81. The smallest absolute Gasteiger partial charge is 0.338 e. The van der Waals surface area contributed by atoms with Gasteiger partial charge in [0.05, 0.1) is 5.56 Å². The van der Waals surface area contributed by atoms with Gasteiger partial charge in [-0.05, 0) is 43.5 Å². The Hall–Kier alpha value is -2.09. The van der Waals surface area contributed by atoms with Crippen LogP contribution in [0.5, 0.6) is 0 Å². The Morgan fingerprint density at radius 2 is 1.50 bits per heavy atom. The molecule has 2 nitrogen and oxygen atoms in total. The van der Waals surface area contributed by atoms with Crippen molar-refractivity contribution in [2.24, 2.45) is 0 Å². The number of hydrogen-bond donors (Lipinski definition) is 0. The topological polar surface area (TPSA) is 26.3 Å². The number of ether oxygens (including phenoxy) is 1. The van der Waals surface area contributed by atoms with Crippen molar-refractivity contribution in [3.63, 3.8) is 0 Å². The van der Waals surface area contributed by atoms with Gasteiger partial charge < -0.3 is 4.74 Å². The van der Waals surface area contributed by atoms with Crippen molar-refractivity contribution in [2.45, 2.75) is 32.8 Å². The van der Waals surface area contributed by atoms with Crippen LogP contribution in [0.1, 0.15) is 37.6 Å². The van der Waals surface area contributed by atoms with Gasteiger partial charge >= 0.3 is 5.97 Å². The van der Waals surface area contributed by atoms with E-state index in [0.29, 0.717) is 5.56 Å². The molecule has 2 aromatic carbocycles. The van der Waals surface area contributed by atoms with Gasteiger partial charge in [-0.25, -0.2) is 4.79 Å². The van der Waals surface area contributed by atoms with Crippen LogP contribution in [0.3, 0.4) is 0 Å². The summed E-state index contributed by atoms with van der Waals surface area (Å²) >= 11 is 0. The molecule has 0 atom stereocenters. The quantitative estimate of drug-likeness (QED) is 0.751. The molecule has 2 aromatic rings. The molecule has 2 heteroatoms. The minimum Gasteiger partial charge on any atom is -0.456 e. The highest BCUT2D eigenvalue weighted by atomic mass is 16.6. The van der Waals surface area contributed by atoms with E-state index in [-0.39, 0.29) is 5.97 Å². The Bertz CT molecular complexity index is 568. The van der Waals surface area contributed by atoms with Gasteiger partial charge in [0.25, 0.3) is 0 Å². The summed E-state index contributed by atoms with van der Waals surface area (Å²) < 4.78 is 5.48. The van der Waals surface area contributed by atoms with Crippen LogP contribution in [0, 0.1) is 0 Å². The van der Waals surface area contributed by atoms with Crippen LogP contribution in [0.2, 0.25) is 0 Å². The van der Waals surface area contributed by atoms with Gasteiger partial charge in [-0.2, -0.15) is 0 Å². The van der Waals surface area contributed by atoms with Gasteiger partial charge in [0, 0.05) is 0 Å². The largest absolute Gasteiger partial charge is 0.456 e. The molecule has 0 N–H and O–H groups in total. The van der Waals surface area contributed by atoms with Crippen molar-refractivity contribution in [3.8, 4) is 11.1 Å². The van der Waals surface area contributed by atoms with E-state index in [1.165, 1.54) is 0 Å². The van der Waals surface area contributed by atoms with E-state index in [1.807, 2.05) is 75.4 Å². The number of hydrogen-bond acceptors (Lipinski definition) is 2. The van der Waals surface area contributed by atoms with Crippen molar-refractivity contribution < 1.29 is 9.53 Å². The Morgan fingerprint density at radius 3 is 2.05 bits per heavy atom. The summed E-state index contributed by atoms with van der Waals surface area (Å²) in [4.78, 5) is 12.0. The molecule has 20 heavy (non-hydrogen) atoms. The second-order valence-electron chi connectivity index (χ2n) is 5.45. The minimum absolute atomic E-state index is 0.267. The summed E-state index contributed by atoms with van der Waals surface area (Å²) in [5, 5.41) is 0. The van der Waals surface area contributed by atoms with Crippen molar-refractivity contribution >= 4 is 5.97 Å². The van der Waals surface area contributed by atoms with Crippen LogP contribution in [0.4, 0.5) is 0 Å². The summed E-state index contributed by atoms with van der Waals surface area (Å²) in [6.45, 7) is 5.85. The first-order valence-electron chi connectivity index (χ1n) is 6.91. The molecule has 0 aliphatic rings. The molecular weight excluding hydrogens is 248 g/mol. The molecule has 0 saturated carbocycles. The third-order valence-corrected chi connectivity index (χ3v) is 3.45. The highest BCUT2D eigenvalue weighted by Gasteiger charge is 2.21. The summed E-state index contributed by atoms with van der Waals surface area (Å²) in [7, 11) is 0. The summed E-state index contributed by atoms with van der Waals surface area (Å²) in [5.41, 5.74) is 2.40. The Labute approximate surface area is 120 Å². The lowest BCUT2D eigenvalue weighted by molar-refractivity contribution is -0.00242. The van der Waals surface area contributed by atoms with Gasteiger partial charge in [-0.3, -0.25) is 0 Å². The maximum atomic E-state index is 12.0. The molecule has 2 rings (SSSR count). The Balaban J connectivity index is 2.15. The second kappa shape index (κ2) is 5.91. The van der Waals surface area contributed by atoms with Gasteiger partial charge in [0.15, 0.2) is 0 Å². The van der Waals surface area contributed by atoms with E-state index in [9.17, 15) is 4.79 Å². The van der Waals surface area contributed by atoms with E-state index in [4.69, 9.17) is 4.74 Å². The zero-order chi connectivity index (χ0) is 14.6. The van der Waals surface area contributed by atoms with Gasteiger partial charge in [0.1, 0.15) is 5.60 Å². The normalized spacial score (nSPS) is 11.2. The number of esters is 1. The van der Waals surface area contributed by atoms with Crippen molar-refractivity contribution in [3.05, 3.63) is 60.2 Å². The van der Waals surface area contributed by atoms with E-state index < -0.39 is 5.60 Å². The zero-order valence-corrected chi connectivity index (χ0v) is 12.2. The van der Waals surface area contributed by atoms with Gasteiger partial charge in [-0.1, -0.05) is 49.4 Å². The molecule has 0 saturated heterocycles. The SMILES string of the molecule is CCC(C)(C)OC(=O)c1ccc(-c2ccccc2)cc1. The van der Waals surface area contributed by atoms with E-state index in [0.717, 1.165) is 17.5 Å². The van der Waals surface area contributed by atoms with Crippen LogP contribution in [0.15, 0.2) is 54.6 Å². The number of carbonyl (C=O) groups excluding carboxylic acids is 1. The molecule has 0 aliphatic heterocycles. The first-order valence-corrected chi connectivity index (χ1v) is 6.91. The van der Waals surface area contributed by atoms with E-state index in [2.05, 4.69) is 0 Å². The van der Waals surface area contributed by atoms with E-state index >= 15 is 0 Å². The first kappa shape index (κ1) is 14.3. The number of benzene rings is 2. The standard InChI is InChI=1S/C18H20O2/c1-4-18(2,3)20-17(19)16-12-10-15(11-13-16)14-8-6-5-7-9-14/h5-13H,4H2,1-3H3. The molecule has 0 fully saturated rings. The molecule has 104 valence electrons. The van der Waals surface area contributed by atoms with Crippen LogP contribution < -0.4 is 0 Å². The lowest BCUT2D eigenvalue weighted by Crippen LogP contribution is -2.26. The average molecular weight is 268 g/mol. The maximum Gasteiger partial charge on any atom is 0.338 e. The fourth-order valence-electron chi connectivity index (χ4n) is 1.81. The average Bonchev–Trinajstić information content (AvgIpc) is 2.48. The first-order chi connectivity index (χ1) is 9.52. The summed E-state index contributed by atoms with van der Waals surface area (Å²) in [6.07, 6.45) is 0.792. The Morgan fingerprint density at radius 1 is 0.950 bits per heavy atom. The molecule has 0 amide bonds. The van der Waals surface area contributed by atoms with Crippen molar-refractivity contribution in [2.75, 3.05) is 0 Å². The van der Waals surface area contributed by atoms with E-state index in [1.54, 1.807) is 0 Å². The predicted molar refractivity (Wildman–Crippen MR) is 81.7 cm³/mol. The highest BCUT2D eigenvalue weighted by Crippen LogP contribution is 2.21. The lowest BCUT2D eigenvalue weighted by atomic mass is 10.0. The number of rotatable bonds is 4. The monoisotopic (exact) mass is 268 g/mol. The molecule has 0 spiro atoms. The molecular formula is C18H20O2. The summed E-state index contributed by atoms with van der Waals surface area (Å²) in [5.74, 6) is -0.267. The predicted octanol–water partition coefficient (Wildman–Crippen LogP) is 4.70. The maximum absolute atomic E-state index is 12.0. The molecule has 0 radical (unpaired) electrons. The van der Waals surface area contributed by atoms with Gasteiger partial charge in [0.2, 0.25) is 0 Å².